The Kier molecular flexibility index (Phi) is 8.38. The van der Waals surface area contributed by atoms with Gasteiger partial charge < -0.3 is 19.1 Å². The van der Waals surface area contributed by atoms with Crippen LogP contribution in [0.15, 0.2) is 194 Å². The molecule has 0 amide bonds. The van der Waals surface area contributed by atoms with Crippen LogP contribution >= 0.6 is 0 Å². The molecule has 8 aromatic carbocycles. The highest BCUT2D eigenvalue weighted by Crippen LogP contribution is 2.38. The number of hydrogen-bond donors (Lipinski definition) is 0. The minimum absolute atomic E-state index is 0.704. The van der Waals surface area contributed by atoms with Gasteiger partial charge in [-0.1, -0.05) is 97.1 Å². The van der Waals surface area contributed by atoms with Crippen molar-refractivity contribution >= 4 is 63.4 Å². The molecule has 8 rings (SSSR count). The topological polar surface area (TPSA) is 24.9 Å². The standard InChI is InChI=1S/C44H32BN2O2/c1-5-13-37(14-6-1)46(38-15-7-2-8-16-38)41-25-21-35-31-43(27-23-33(35)29-41)48-45-49-44-28-24-34-30-42(26-22-36(34)32-44)47(39-17-9-3-10-18-39)40-19-11-4-12-20-40/h1-32H. The Balaban J connectivity index is 0.970. The Labute approximate surface area is 287 Å². The van der Waals surface area contributed by atoms with Crippen molar-refractivity contribution in [2.75, 3.05) is 9.80 Å². The zero-order chi connectivity index (χ0) is 32.8. The van der Waals surface area contributed by atoms with Crippen molar-refractivity contribution in [3.05, 3.63) is 194 Å². The molecule has 0 saturated carbocycles. The van der Waals surface area contributed by atoms with Gasteiger partial charge in [-0.15, -0.1) is 0 Å². The molecule has 0 aromatic heterocycles. The van der Waals surface area contributed by atoms with Gasteiger partial charge in [0.05, 0.1) is 0 Å². The molecule has 0 bridgehead atoms. The molecule has 0 spiro atoms. The number of benzene rings is 8. The molecule has 0 fully saturated rings. The summed E-state index contributed by atoms with van der Waals surface area (Å²) < 4.78 is 11.9. The molecule has 0 N–H and O–H groups in total. The summed E-state index contributed by atoms with van der Waals surface area (Å²) in [6.45, 7) is 0. The average molecular weight is 632 g/mol. The zero-order valence-electron chi connectivity index (χ0n) is 26.8. The van der Waals surface area contributed by atoms with Gasteiger partial charge >= 0.3 is 7.69 Å². The third-order valence-corrected chi connectivity index (χ3v) is 8.53. The molecule has 0 saturated heterocycles. The number of nitrogens with zero attached hydrogens (tertiary/aromatic N) is 2. The second-order valence-corrected chi connectivity index (χ2v) is 11.7. The average Bonchev–Trinajstić information content (AvgIpc) is 3.17. The number of para-hydroxylation sites is 4. The van der Waals surface area contributed by atoms with Gasteiger partial charge in [0.15, 0.2) is 0 Å². The molecule has 0 aliphatic rings. The van der Waals surface area contributed by atoms with Crippen LogP contribution in [0.1, 0.15) is 0 Å². The second kappa shape index (κ2) is 13.7. The van der Waals surface area contributed by atoms with Crippen LogP contribution in [0.4, 0.5) is 34.1 Å². The van der Waals surface area contributed by atoms with Crippen molar-refractivity contribution in [1.82, 2.24) is 0 Å². The van der Waals surface area contributed by atoms with Crippen LogP contribution in [0, 0.1) is 0 Å². The van der Waals surface area contributed by atoms with E-state index in [-0.39, 0.29) is 0 Å². The van der Waals surface area contributed by atoms with E-state index < -0.39 is 0 Å². The Morgan fingerprint density at radius 3 is 0.939 bits per heavy atom. The second-order valence-electron chi connectivity index (χ2n) is 11.7. The zero-order valence-corrected chi connectivity index (χ0v) is 26.8. The summed E-state index contributed by atoms with van der Waals surface area (Å²) in [5, 5.41) is 4.40. The lowest BCUT2D eigenvalue weighted by Gasteiger charge is -2.25. The summed E-state index contributed by atoms with van der Waals surface area (Å²) in [5.74, 6) is 1.41. The largest absolute Gasteiger partial charge is 0.658 e. The first-order valence-electron chi connectivity index (χ1n) is 16.3. The molecule has 0 aliphatic heterocycles. The molecule has 233 valence electrons. The van der Waals surface area contributed by atoms with Gasteiger partial charge in [0.2, 0.25) is 0 Å². The third-order valence-electron chi connectivity index (χ3n) is 8.53. The van der Waals surface area contributed by atoms with Gasteiger partial charge in [0, 0.05) is 34.1 Å². The van der Waals surface area contributed by atoms with E-state index in [0.29, 0.717) is 11.5 Å². The fourth-order valence-electron chi connectivity index (χ4n) is 6.19. The number of anilines is 6. The fraction of sp³-hybridized carbons (Fsp3) is 0. The Morgan fingerprint density at radius 2 is 0.592 bits per heavy atom. The van der Waals surface area contributed by atoms with E-state index >= 15 is 0 Å². The van der Waals surface area contributed by atoms with Crippen molar-refractivity contribution in [2.45, 2.75) is 0 Å². The summed E-state index contributed by atoms with van der Waals surface area (Å²) in [5.41, 5.74) is 6.60. The van der Waals surface area contributed by atoms with Gasteiger partial charge in [-0.3, -0.25) is 0 Å². The molecule has 8 aromatic rings. The van der Waals surface area contributed by atoms with Crippen LogP contribution in [0.25, 0.3) is 21.5 Å². The molecule has 0 aliphatic carbocycles. The Bertz CT molecular complexity index is 2070. The van der Waals surface area contributed by atoms with E-state index in [1.807, 2.05) is 48.5 Å². The maximum absolute atomic E-state index is 5.93. The smallest absolute Gasteiger partial charge is 0.526 e. The van der Waals surface area contributed by atoms with E-state index in [0.717, 1.165) is 55.7 Å². The SMILES string of the molecule is [B](Oc1ccc2cc(N(c3ccccc3)c3ccccc3)ccc2c1)Oc1ccc2cc(N(c3ccccc3)c3ccccc3)ccc2c1. The lowest BCUT2D eigenvalue weighted by Crippen LogP contribution is -2.11. The first-order valence-corrected chi connectivity index (χ1v) is 16.3. The highest BCUT2D eigenvalue weighted by atomic mass is 16.6. The highest BCUT2D eigenvalue weighted by Gasteiger charge is 2.14. The van der Waals surface area contributed by atoms with E-state index in [9.17, 15) is 0 Å². The van der Waals surface area contributed by atoms with E-state index in [4.69, 9.17) is 9.31 Å². The van der Waals surface area contributed by atoms with Crippen molar-refractivity contribution in [3.63, 3.8) is 0 Å². The van der Waals surface area contributed by atoms with Crippen LogP contribution < -0.4 is 19.1 Å². The molecule has 5 heteroatoms. The monoisotopic (exact) mass is 631 g/mol. The first kappa shape index (κ1) is 29.9. The third kappa shape index (κ3) is 6.56. The van der Waals surface area contributed by atoms with Gasteiger partial charge in [0.25, 0.3) is 0 Å². The van der Waals surface area contributed by atoms with Crippen molar-refractivity contribution in [1.29, 1.82) is 0 Å². The van der Waals surface area contributed by atoms with E-state index in [1.54, 1.807) is 0 Å². The normalized spacial score (nSPS) is 10.9. The minimum atomic E-state index is 0.704. The molecular formula is C44H32BN2O2. The minimum Gasteiger partial charge on any atom is -0.526 e. The van der Waals surface area contributed by atoms with Gasteiger partial charge in [-0.25, -0.2) is 0 Å². The fourth-order valence-corrected chi connectivity index (χ4v) is 6.19. The van der Waals surface area contributed by atoms with E-state index in [1.165, 1.54) is 7.69 Å². The Morgan fingerprint density at radius 1 is 0.286 bits per heavy atom. The van der Waals surface area contributed by atoms with Crippen LogP contribution in [0.5, 0.6) is 11.5 Å². The van der Waals surface area contributed by atoms with Gasteiger partial charge in [0.1, 0.15) is 11.5 Å². The van der Waals surface area contributed by atoms with E-state index in [2.05, 4.69) is 155 Å². The van der Waals surface area contributed by atoms with Crippen LogP contribution in [-0.4, -0.2) is 7.69 Å². The number of fused-ring (bicyclic) bond motifs is 2. The van der Waals surface area contributed by atoms with Gasteiger partial charge in [-0.2, -0.15) is 0 Å². The molecule has 0 atom stereocenters. The lowest BCUT2D eigenvalue weighted by molar-refractivity contribution is 0.460. The van der Waals surface area contributed by atoms with Crippen molar-refractivity contribution in [3.8, 4) is 11.5 Å². The van der Waals surface area contributed by atoms with Crippen LogP contribution in [0.2, 0.25) is 0 Å². The molecular weight excluding hydrogens is 599 g/mol. The van der Waals surface area contributed by atoms with Crippen LogP contribution in [0.3, 0.4) is 0 Å². The Hall–Kier alpha value is -6.46. The van der Waals surface area contributed by atoms with Crippen molar-refractivity contribution in [2.24, 2.45) is 0 Å². The summed E-state index contributed by atoms with van der Waals surface area (Å²) in [7, 11) is 1.39. The molecule has 4 nitrogen and oxygen atoms in total. The summed E-state index contributed by atoms with van der Waals surface area (Å²) >= 11 is 0. The maximum atomic E-state index is 5.93. The van der Waals surface area contributed by atoms with Crippen molar-refractivity contribution < 1.29 is 9.31 Å². The highest BCUT2D eigenvalue weighted by molar-refractivity contribution is 6.21. The maximum Gasteiger partial charge on any atom is 0.658 e. The molecule has 49 heavy (non-hydrogen) atoms. The predicted molar refractivity (Wildman–Crippen MR) is 204 cm³/mol. The lowest BCUT2D eigenvalue weighted by atomic mass is 10.1. The summed E-state index contributed by atoms with van der Waals surface area (Å²) in [4.78, 5) is 4.52. The first-order chi connectivity index (χ1) is 24.3. The quantitative estimate of drug-likeness (QED) is 0.140. The number of rotatable bonds is 10. The van der Waals surface area contributed by atoms with Crippen LogP contribution in [-0.2, 0) is 0 Å². The molecule has 0 unspecified atom stereocenters. The predicted octanol–water partition coefficient (Wildman–Crippen LogP) is 11.9. The van der Waals surface area contributed by atoms with Gasteiger partial charge in [-0.05, 0) is 119 Å². The number of hydrogen-bond acceptors (Lipinski definition) is 4. The molecule has 1 radical (unpaired) electrons. The molecule has 0 heterocycles. The summed E-state index contributed by atoms with van der Waals surface area (Å²) in [6.07, 6.45) is 0. The summed E-state index contributed by atoms with van der Waals surface area (Å²) in [6, 6.07) is 66.8.